The van der Waals surface area contributed by atoms with E-state index in [1.54, 1.807) is 6.07 Å². The molecule has 1 aliphatic heterocycles. The van der Waals surface area contributed by atoms with Crippen LogP contribution in [-0.2, 0) is 36.4 Å². The minimum atomic E-state index is -4.02. The number of aryl methyl sites for hydroxylation is 2. The Morgan fingerprint density at radius 1 is 1.26 bits per heavy atom. The van der Waals surface area contributed by atoms with Gasteiger partial charge in [0.15, 0.2) is 11.7 Å². The number of carbonyl (C=O) groups excluding carboxylic acids is 1. The summed E-state index contributed by atoms with van der Waals surface area (Å²) in [6.07, 6.45) is -5.82. The van der Waals surface area contributed by atoms with Gasteiger partial charge in [0, 0.05) is 24.6 Å². The van der Waals surface area contributed by atoms with Gasteiger partial charge in [0.1, 0.15) is 24.0 Å². The molecule has 0 aliphatic carbocycles. The Kier molecular flexibility index (Phi) is 7.56. The number of halogens is 2. The first-order valence-electron chi connectivity index (χ1n) is 11.4. The first-order valence-corrected chi connectivity index (χ1v) is 13.5. The van der Waals surface area contributed by atoms with Gasteiger partial charge in [-0.3, -0.25) is 13.9 Å². The van der Waals surface area contributed by atoms with Crippen molar-refractivity contribution < 1.29 is 46.6 Å². The molecule has 0 saturated carbocycles. The van der Waals surface area contributed by atoms with Crippen molar-refractivity contribution in [3.8, 4) is 0 Å². The number of hydrogen-bond donors (Lipinski definition) is 2. The summed E-state index contributed by atoms with van der Waals surface area (Å²) in [5.74, 6) is -4.31. The van der Waals surface area contributed by atoms with Gasteiger partial charge >= 0.3 is 25.2 Å². The van der Waals surface area contributed by atoms with Crippen LogP contribution in [0.15, 0.2) is 27.5 Å². The highest BCUT2D eigenvalue weighted by atomic mass is 31.2. The van der Waals surface area contributed by atoms with Gasteiger partial charge < -0.3 is 28.4 Å². The molecule has 0 radical (unpaired) electrons. The van der Waals surface area contributed by atoms with Crippen molar-refractivity contribution in [3.63, 3.8) is 0 Å². The topological polar surface area (TPSA) is 163 Å². The number of esters is 1. The molecule has 1 saturated heterocycles. The standard InChI is InChI=1S/C23H26F2N3O9P/c1-11-12(2)19-16(26-13(11)3)8-15(36-19)9-34-18(29)7-14-5-6-28(22(31)27-14)21-23(24,25)20(30)17(37-21)10-35-38(4,32)33/h5-6,8,17,20-21,30H,7,9-10H2,1-4H3,(H,32,33)/t17-,20-,21-/m1/s1. The second-order valence-electron chi connectivity index (χ2n) is 9.07. The summed E-state index contributed by atoms with van der Waals surface area (Å²) in [7, 11) is -4.02. The highest BCUT2D eigenvalue weighted by Gasteiger charge is 2.60. The largest absolute Gasteiger partial charge is 0.457 e. The Morgan fingerprint density at radius 3 is 2.63 bits per heavy atom. The van der Waals surface area contributed by atoms with Crippen molar-refractivity contribution in [1.29, 1.82) is 0 Å². The van der Waals surface area contributed by atoms with Gasteiger partial charge in [0.05, 0.1) is 18.7 Å². The summed E-state index contributed by atoms with van der Waals surface area (Å²) >= 11 is 0. The molecule has 1 fully saturated rings. The van der Waals surface area contributed by atoms with Crippen LogP contribution in [0.4, 0.5) is 8.78 Å². The van der Waals surface area contributed by atoms with Gasteiger partial charge in [0.25, 0.3) is 0 Å². The molecule has 4 rings (SSSR count). The van der Waals surface area contributed by atoms with E-state index < -0.39 is 56.6 Å². The maximum absolute atomic E-state index is 14.6. The molecule has 0 amide bonds. The summed E-state index contributed by atoms with van der Waals surface area (Å²) in [5, 5.41) is 9.92. The minimum Gasteiger partial charge on any atom is -0.457 e. The lowest BCUT2D eigenvalue weighted by Gasteiger charge is -2.21. The van der Waals surface area contributed by atoms with E-state index >= 15 is 0 Å². The Morgan fingerprint density at radius 2 is 1.97 bits per heavy atom. The average molecular weight is 557 g/mol. The number of aliphatic hydroxyl groups excluding tert-OH is 1. The average Bonchev–Trinajstić information content (AvgIpc) is 3.33. The first-order chi connectivity index (χ1) is 17.7. The monoisotopic (exact) mass is 557 g/mol. The number of furan rings is 1. The number of alkyl halides is 2. The predicted octanol–water partition coefficient (Wildman–Crippen LogP) is 2.32. The van der Waals surface area contributed by atoms with Crippen molar-refractivity contribution in [2.75, 3.05) is 13.3 Å². The SMILES string of the molecule is Cc1nc2cc(COC(=O)Cc3ccn([C@@H]4O[C@H](COP(C)(=O)O)[C@@H](O)C4(F)F)c(=O)n3)oc2c(C)c1C. The lowest BCUT2D eigenvalue weighted by molar-refractivity contribution is -0.144. The summed E-state index contributed by atoms with van der Waals surface area (Å²) in [6.45, 7) is 5.57. The van der Waals surface area contributed by atoms with Crippen LogP contribution in [0.5, 0.6) is 0 Å². The highest BCUT2D eigenvalue weighted by Crippen LogP contribution is 2.44. The molecule has 0 aromatic carbocycles. The number of carbonyl (C=O) groups is 1. The van der Waals surface area contributed by atoms with Crippen molar-refractivity contribution in [3.05, 3.63) is 57.1 Å². The molecule has 38 heavy (non-hydrogen) atoms. The molecule has 3 aromatic rings. The Labute approximate surface area is 214 Å². The van der Waals surface area contributed by atoms with E-state index in [0.29, 0.717) is 21.4 Å². The number of rotatable bonds is 8. The molecule has 1 aliphatic rings. The first kappa shape index (κ1) is 28.0. The maximum atomic E-state index is 14.6. The van der Waals surface area contributed by atoms with Crippen LogP contribution in [-0.4, -0.2) is 61.9 Å². The van der Waals surface area contributed by atoms with Crippen molar-refractivity contribution in [2.24, 2.45) is 0 Å². The van der Waals surface area contributed by atoms with Crippen LogP contribution >= 0.6 is 7.60 Å². The zero-order chi connectivity index (χ0) is 28.0. The van der Waals surface area contributed by atoms with E-state index in [0.717, 1.165) is 35.7 Å². The lowest BCUT2D eigenvalue weighted by atomic mass is 10.1. The summed E-state index contributed by atoms with van der Waals surface area (Å²) in [4.78, 5) is 42.0. The van der Waals surface area contributed by atoms with Crippen molar-refractivity contribution in [2.45, 2.75) is 58.2 Å². The van der Waals surface area contributed by atoms with Crippen LogP contribution in [0.3, 0.4) is 0 Å². The van der Waals surface area contributed by atoms with Crippen LogP contribution in [0.2, 0.25) is 0 Å². The van der Waals surface area contributed by atoms with E-state index in [2.05, 4.69) is 14.5 Å². The van der Waals surface area contributed by atoms with Gasteiger partial charge in [-0.25, -0.2) is 9.78 Å². The molecular weight excluding hydrogens is 531 g/mol. The Bertz CT molecular complexity index is 1480. The Hall–Kier alpha value is -3.03. The predicted molar refractivity (Wildman–Crippen MR) is 127 cm³/mol. The fraction of sp³-hybridized carbons (Fsp3) is 0.478. The van der Waals surface area contributed by atoms with Gasteiger partial charge in [-0.1, -0.05) is 0 Å². The van der Waals surface area contributed by atoms with Gasteiger partial charge in [-0.15, -0.1) is 0 Å². The maximum Gasteiger partial charge on any atom is 0.350 e. The molecule has 15 heteroatoms. The van der Waals surface area contributed by atoms with E-state index in [4.69, 9.17) is 13.9 Å². The smallest absolute Gasteiger partial charge is 0.350 e. The molecule has 206 valence electrons. The molecule has 3 aromatic heterocycles. The van der Waals surface area contributed by atoms with Gasteiger partial charge in [0.2, 0.25) is 6.23 Å². The number of ether oxygens (including phenoxy) is 2. The number of nitrogens with zero attached hydrogens (tertiary/aromatic N) is 3. The molecule has 1 unspecified atom stereocenters. The fourth-order valence-electron chi connectivity index (χ4n) is 3.95. The number of aliphatic hydroxyl groups is 1. The van der Waals surface area contributed by atoms with Gasteiger partial charge in [-0.05, 0) is 38.0 Å². The van der Waals surface area contributed by atoms with Crippen molar-refractivity contribution >= 4 is 24.7 Å². The van der Waals surface area contributed by atoms with Gasteiger partial charge in [-0.2, -0.15) is 13.8 Å². The van der Waals surface area contributed by atoms with Crippen LogP contribution in [0.1, 0.15) is 34.5 Å². The van der Waals surface area contributed by atoms with Crippen LogP contribution in [0, 0.1) is 20.8 Å². The fourth-order valence-corrected chi connectivity index (χ4v) is 4.38. The summed E-state index contributed by atoms with van der Waals surface area (Å²) in [6, 6.07) is 2.82. The third-order valence-electron chi connectivity index (χ3n) is 6.20. The van der Waals surface area contributed by atoms with E-state index in [-0.39, 0.29) is 12.3 Å². The second-order valence-corrected chi connectivity index (χ2v) is 10.9. The van der Waals surface area contributed by atoms with E-state index in [9.17, 15) is 32.9 Å². The zero-order valence-electron chi connectivity index (χ0n) is 20.9. The number of aromatic nitrogens is 3. The number of fused-ring (bicyclic) bond motifs is 1. The molecular formula is C23H26F2N3O9P. The molecule has 4 atom stereocenters. The summed E-state index contributed by atoms with van der Waals surface area (Å²) < 4.78 is 61.6. The Balaban J connectivity index is 1.41. The molecule has 0 spiro atoms. The molecule has 12 nitrogen and oxygen atoms in total. The normalized spacial score (nSPS) is 22.5. The molecule has 2 N–H and O–H groups in total. The summed E-state index contributed by atoms with van der Waals surface area (Å²) in [5.41, 5.74) is 2.79. The van der Waals surface area contributed by atoms with Crippen molar-refractivity contribution in [1.82, 2.24) is 14.5 Å². The third-order valence-corrected chi connectivity index (χ3v) is 6.82. The second kappa shape index (κ2) is 10.3. The minimum absolute atomic E-state index is 0.0430. The third kappa shape index (κ3) is 5.69. The molecule has 0 bridgehead atoms. The number of hydrogen-bond acceptors (Lipinski definition) is 10. The van der Waals surface area contributed by atoms with E-state index in [1.807, 2.05) is 20.8 Å². The van der Waals surface area contributed by atoms with Crippen LogP contribution in [0.25, 0.3) is 11.1 Å². The number of pyridine rings is 1. The highest BCUT2D eigenvalue weighted by molar-refractivity contribution is 7.51. The zero-order valence-corrected chi connectivity index (χ0v) is 21.8. The quantitative estimate of drug-likeness (QED) is 0.309. The lowest BCUT2D eigenvalue weighted by Crippen LogP contribution is -2.42. The van der Waals surface area contributed by atoms with Crippen LogP contribution < -0.4 is 5.69 Å². The van der Waals surface area contributed by atoms with E-state index in [1.165, 1.54) is 0 Å². The molecule has 4 heterocycles.